The molecule has 0 saturated heterocycles. The van der Waals surface area contributed by atoms with Crippen molar-refractivity contribution in [2.24, 2.45) is 0 Å². The summed E-state index contributed by atoms with van der Waals surface area (Å²) in [5.41, 5.74) is 1.46. The molecule has 2 aromatic carbocycles. The van der Waals surface area contributed by atoms with Gasteiger partial charge in [0.05, 0.1) is 0 Å². The lowest BCUT2D eigenvalue weighted by molar-refractivity contribution is -0.682. The first-order valence-electron chi connectivity index (χ1n) is 8.44. The van der Waals surface area contributed by atoms with Crippen molar-refractivity contribution in [3.63, 3.8) is 0 Å². The average molecular weight is 385 g/mol. The van der Waals surface area contributed by atoms with E-state index in [9.17, 15) is 22.4 Å². The number of quaternary nitrogens is 1. The zero-order valence-corrected chi connectivity index (χ0v) is 14.7. The number of nitrogens with two attached hydrogens (primary N) is 1. The Labute approximate surface area is 154 Å². The van der Waals surface area contributed by atoms with E-state index in [0.29, 0.717) is 18.5 Å². The van der Waals surface area contributed by atoms with Gasteiger partial charge in [-0.2, -0.15) is 8.78 Å². The number of halogens is 4. The molecule has 146 valence electrons. The molecule has 1 atom stereocenters. The molecule has 0 unspecified atom stereocenters. The molecule has 8 heteroatoms. The van der Waals surface area contributed by atoms with Gasteiger partial charge in [0.2, 0.25) is 0 Å². The van der Waals surface area contributed by atoms with Gasteiger partial charge in [-0.25, -0.2) is 8.78 Å². The quantitative estimate of drug-likeness (QED) is 0.652. The normalized spacial score (nSPS) is 12.1. The molecule has 2 aromatic rings. The van der Waals surface area contributed by atoms with E-state index >= 15 is 0 Å². The minimum atomic E-state index is -2.86. The molecule has 2 rings (SSSR count). The molecule has 1 amide bonds. The lowest BCUT2D eigenvalue weighted by Crippen LogP contribution is -2.87. The molecular formula is C19H21F4N2O2+. The fourth-order valence-electron chi connectivity index (χ4n) is 2.47. The van der Waals surface area contributed by atoms with E-state index in [-0.39, 0.29) is 24.2 Å². The van der Waals surface area contributed by atoms with Crippen LogP contribution >= 0.6 is 0 Å². The van der Waals surface area contributed by atoms with Crippen LogP contribution in [0, 0.1) is 11.6 Å². The zero-order valence-electron chi connectivity index (χ0n) is 14.7. The first-order chi connectivity index (χ1) is 12.8. The molecule has 27 heavy (non-hydrogen) atoms. The minimum absolute atomic E-state index is 0.0820. The van der Waals surface area contributed by atoms with Gasteiger partial charge in [0, 0.05) is 12.1 Å². The summed E-state index contributed by atoms with van der Waals surface area (Å²) in [4.78, 5) is 11.9. The van der Waals surface area contributed by atoms with E-state index in [0.717, 1.165) is 17.7 Å². The van der Waals surface area contributed by atoms with Gasteiger partial charge in [0.15, 0.2) is 18.2 Å². The van der Waals surface area contributed by atoms with Gasteiger partial charge in [-0.3, -0.25) is 4.79 Å². The van der Waals surface area contributed by atoms with Crippen LogP contribution in [0.25, 0.3) is 0 Å². The van der Waals surface area contributed by atoms with E-state index in [1.807, 2.05) is 0 Å². The first kappa shape index (κ1) is 20.7. The van der Waals surface area contributed by atoms with Crippen molar-refractivity contribution in [3.8, 4) is 5.75 Å². The zero-order chi connectivity index (χ0) is 19.8. The van der Waals surface area contributed by atoms with Gasteiger partial charge in [-0.05, 0) is 49.2 Å². The van der Waals surface area contributed by atoms with Gasteiger partial charge in [0.1, 0.15) is 11.8 Å². The molecule has 3 N–H and O–H groups in total. The van der Waals surface area contributed by atoms with E-state index in [1.165, 1.54) is 18.2 Å². The molecule has 0 aromatic heterocycles. The monoisotopic (exact) mass is 385 g/mol. The maximum Gasteiger partial charge on any atom is 0.387 e. The molecule has 0 bridgehead atoms. The Bertz CT molecular complexity index is 754. The number of rotatable bonds is 9. The molecule has 4 nitrogen and oxygen atoms in total. The molecule has 0 radical (unpaired) electrons. The Hall–Kier alpha value is -2.61. The maximum atomic E-state index is 13.2. The van der Waals surface area contributed by atoms with Crippen molar-refractivity contribution < 1.29 is 32.4 Å². The second-order valence-corrected chi connectivity index (χ2v) is 6.02. The highest BCUT2D eigenvalue weighted by Crippen LogP contribution is 2.15. The minimum Gasteiger partial charge on any atom is -0.435 e. The van der Waals surface area contributed by atoms with Crippen molar-refractivity contribution in [2.45, 2.75) is 26.0 Å². The van der Waals surface area contributed by atoms with Crippen LogP contribution in [0.15, 0.2) is 42.5 Å². The predicted molar refractivity (Wildman–Crippen MR) is 91.4 cm³/mol. The van der Waals surface area contributed by atoms with E-state index < -0.39 is 18.2 Å². The fraction of sp³-hybridized carbons (Fsp3) is 0.316. The number of hydrogen-bond donors (Lipinski definition) is 2. The standard InChI is InChI=1S/C19H20F4N2O2/c1-12(14-4-7-16(20)17(21)10-14)25-11-18(26)24-9-8-13-2-5-15(6-3-13)27-19(22)23/h2-7,10,12,19,25H,8-9,11H2,1H3,(H,24,26)/p+1/t12-/m1/s1. The number of benzene rings is 2. The predicted octanol–water partition coefficient (Wildman–Crippen LogP) is 2.55. The topological polar surface area (TPSA) is 54.9 Å². The summed E-state index contributed by atoms with van der Waals surface area (Å²) in [5.74, 6) is -1.93. The van der Waals surface area contributed by atoms with E-state index in [4.69, 9.17) is 0 Å². The van der Waals surface area contributed by atoms with Gasteiger partial charge in [-0.15, -0.1) is 0 Å². The van der Waals surface area contributed by atoms with Crippen LogP contribution in [-0.4, -0.2) is 25.6 Å². The summed E-state index contributed by atoms with van der Waals surface area (Å²) in [6.07, 6.45) is 0.541. The van der Waals surface area contributed by atoms with Gasteiger partial charge in [0.25, 0.3) is 5.91 Å². The van der Waals surface area contributed by atoms with Crippen LogP contribution in [-0.2, 0) is 11.2 Å². The largest absolute Gasteiger partial charge is 0.435 e. The van der Waals surface area contributed by atoms with Crippen molar-refractivity contribution in [1.29, 1.82) is 0 Å². The summed E-state index contributed by atoms with van der Waals surface area (Å²) >= 11 is 0. The highest BCUT2D eigenvalue weighted by molar-refractivity contribution is 5.76. The second kappa shape index (κ2) is 9.91. The Balaban J connectivity index is 1.70. The molecule has 0 aliphatic rings. The SMILES string of the molecule is C[C@@H]([NH2+]CC(=O)NCCc1ccc(OC(F)F)cc1)c1ccc(F)c(F)c1. The number of amides is 1. The fourth-order valence-corrected chi connectivity index (χ4v) is 2.47. The van der Waals surface area contributed by atoms with Crippen LogP contribution in [0.2, 0.25) is 0 Å². The molecule has 0 heterocycles. The summed E-state index contributed by atoms with van der Waals surface area (Å²) in [6, 6.07) is 9.67. The van der Waals surface area contributed by atoms with Crippen molar-refractivity contribution in [3.05, 3.63) is 65.2 Å². The highest BCUT2D eigenvalue weighted by atomic mass is 19.3. The van der Waals surface area contributed by atoms with Gasteiger partial charge >= 0.3 is 6.61 Å². The highest BCUT2D eigenvalue weighted by Gasteiger charge is 2.13. The summed E-state index contributed by atoms with van der Waals surface area (Å²) in [7, 11) is 0. The number of carbonyl (C=O) groups excluding carboxylic acids is 1. The van der Waals surface area contributed by atoms with Crippen molar-refractivity contribution in [2.75, 3.05) is 13.1 Å². The Morgan fingerprint density at radius 2 is 1.81 bits per heavy atom. The number of carbonyl (C=O) groups is 1. The number of alkyl halides is 2. The maximum absolute atomic E-state index is 13.2. The number of ether oxygens (including phenoxy) is 1. The van der Waals surface area contributed by atoms with Gasteiger partial charge < -0.3 is 15.4 Å². The summed E-state index contributed by atoms with van der Waals surface area (Å²) in [5, 5.41) is 4.47. The summed E-state index contributed by atoms with van der Waals surface area (Å²) in [6.45, 7) is -0.536. The first-order valence-corrected chi connectivity index (χ1v) is 8.44. The van der Waals surface area contributed by atoms with Crippen LogP contribution < -0.4 is 15.4 Å². The number of hydrogen-bond acceptors (Lipinski definition) is 2. The smallest absolute Gasteiger partial charge is 0.387 e. The van der Waals surface area contributed by atoms with Gasteiger partial charge in [-0.1, -0.05) is 12.1 Å². The lowest BCUT2D eigenvalue weighted by Gasteiger charge is -2.11. The molecule has 0 fully saturated rings. The molecule has 0 spiro atoms. The molecule has 0 aliphatic heterocycles. The summed E-state index contributed by atoms with van der Waals surface area (Å²) < 4.78 is 54.6. The Kier molecular flexibility index (Phi) is 7.60. The number of nitrogens with one attached hydrogen (secondary N) is 1. The van der Waals surface area contributed by atoms with Crippen molar-refractivity contribution >= 4 is 5.91 Å². The average Bonchev–Trinajstić information content (AvgIpc) is 2.63. The van der Waals surface area contributed by atoms with Crippen LogP contribution in [0.4, 0.5) is 17.6 Å². The van der Waals surface area contributed by atoms with Crippen LogP contribution in [0.1, 0.15) is 24.1 Å². The molecule has 0 saturated carbocycles. The van der Waals surface area contributed by atoms with Crippen molar-refractivity contribution in [1.82, 2.24) is 5.32 Å². The van der Waals surface area contributed by atoms with E-state index in [2.05, 4.69) is 10.1 Å². The third-order valence-corrected chi connectivity index (χ3v) is 4.01. The van der Waals surface area contributed by atoms with Crippen LogP contribution in [0.5, 0.6) is 5.75 Å². The third kappa shape index (κ3) is 6.90. The molecular weight excluding hydrogens is 364 g/mol. The lowest BCUT2D eigenvalue weighted by atomic mass is 10.1. The van der Waals surface area contributed by atoms with E-state index in [1.54, 1.807) is 24.4 Å². The molecule has 0 aliphatic carbocycles. The Morgan fingerprint density at radius 1 is 1.11 bits per heavy atom. The Morgan fingerprint density at radius 3 is 2.44 bits per heavy atom. The third-order valence-electron chi connectivity index (χ3n) is 4.01. The van der Waals surface area contributed by atoms with Crippen LogP contribution in [0.3, 0.4) is 0 Å². The second-order valence-electron chi connectivity index (χ2n) is 6.02.